The van der Waals surface area contributed by atoms with Crippen molar-refractivity contribution in [3.63, 3.8) is 0 Å². The molecule has 0 radical (unpaired) electrons. The van der Waals surface area contributed by atoms with Gasteiger partial charge in [-0.15, -0.1) is 0 Å². The second-order valence-corrected chi connectivity index (χ2v) is 6.78. The summed E-state index contributed by atoms with van der Waals surface area (Å²) in [5.41, 5.74) is 1.34. The van der Waals surface area contributed by atoms with Crippen molar-refractivity contribution in [2.24, 2.45) is 0 Å². The van der Waals surface area contributed by atoms with Crippen molar-refractivity contribution in [2.75, 3.05) is 26.2 Å². The fraction of sp³-hybridized carbons (Fsp3) is 0.333. The molecule has 3 aromatic rings. The smallest absolute Gasteiger partial charge is 0.230 e. The predicted octanol–water partition coefficient (Wildman–Crippen LogP) is 3.26. The number of benzene rings is 1. The third kappa shape index (κ3) is 4.35. The average molecular weight is 375 g/mol. The van der Waals surface area contributed by atoms with Gasteiger partial charge in [0.1, 0.15) is 18.1 Å². The molecule has 0 saturated carbocycles. The van der Waals surface area contributed by atoms with Crippen LogP contribution in [0.1, 0.15) is 30.2 Å². The largest absolute Gasteiger partial charge is 0.492 e. The summed E-state index contributed by atoms with van der Waals surface area (Å²) in [5.74, 6) is 2.27. The third-order valence-corrected chi connectivity index (χ3v) is 4.91. The van der Waals surface area contributed by atoms with Gasteiger partial charge in [-0.3, -0.25) is 9.88 Å². The van der Waals surface area contributed by atoms with Crippen molar-refractivity contribution in [1.82, 2.24) is 20.0 Å². The molecule has 7 nitrogen and oxygen atoms in total. The van der Waals surface area contributed by atoms with Crippen LogP contribution >= 0.6 is 0 Å². The Morgan fingerprint density at radius 1 is 1.18 bits per heavy atom. The number of nitrogens with zero attached hydrogens (tertiary/aromatic N) is 5. The number of aromatic nitrogens is 3. The van der Waals surface area contributed by atoms with E-state index in [1.165, 1.54) is 0 Å². The van der Waals surface area contributed by atoms with Crippen molar-refractivity contribution < 1.29 is 9.26 Å². The van der Waals surface area contributed by atoms with E-state index >= 15 is 0 Å². The first-order valence-electron chi connectivity index (χ1n) is 9.42. The number of likely N-dealkylation sites (tertiary alicyclic amines) is 1. The van der Waals surface area contributed by atoms with Gasteiger partial charge in [0.15, 0.2) is 0 Å². The molecule has 0 N–H and O–H groups in total. The van der Waals surface area contributed by atoms with Crippen molar-refractivity contribution in [3.05, 3.63) is 60.1 Å². The molecule has 1 aliphatic heterocycles. The first kappa shape index (κ1) is 18.1. The standard InChI is InChI=1S/C21H21N5O2/c22-15-16-4-3-5-18(14-16)27-13-12-26-10-7-17(8-11-26)21-24-20(25-28-21)19-6-1-2-9-23-19/h1-6,9,14,17H,7-8,10-13H2. The molecule has 1 aromatic carbocycles. The van der Waals surface area contributed by atoms with Gasteiger partial charge in [0.2, 0.25) is 11.7 Å². The lowest BCUT2D eigenvalue weighted by Crippen LogP contribution is -2.35. The van der Waals surface area contributed by atoms with Crippen LogP contribution in [0.5, 0.6) is 5.75 Å². The maximum Gasteiger partial charge on any atom is 0.230 e. The topological polar surface area (TPSA) is 88.1 Å². The first-order valence-corrected chi connectivity index (χ1v) is 9.42. The zero-order valence-corrected chi connectivity index (χ0v) is 15.5. The van der Waals surface area contributed by atoms with Crippen LogP contribution in [-0.2, 0) is 0 Å². The van der Waals surface area contributed by atoms with Gasteiger partial charge in [-0.1, -0.05) is 17.3 Å². The molecular weight excluding hydrogens is 354 g/mol. The van der Waals surface area contributed by atoms with Crippen molar-refractivity contribution in [1.29, 1.82) is 5.26 Å². The van der Waals surface area contributed by atoms with Crippen LogP contribution in [0.4, 0.5) is 0 Å². The number of hydrogen-bond donors (Lipinski definition) is 0. The van der Waals surface area contributed by atoms with Crippen LogP contribution in [-0.4, -0.2) is 46.3 Å². The predicted molar refractivity (Wildman–Crippen MR) is 103 cm³/mol. The normalized spacial score (nSPS) is 15.2. The Balaban J connectivity index is 1.25. The van der Waals surface area contributed by atoms with Crippen LogP contribution < -0.4 is 4.74 Å². The molecule has 7 heteroatoms. The highest BCUT2D eigenvalue weighted by Crippen LogP contribution is 2.28. The van der Waals surface area contributed by atoms with Crippen LogP contribution in [0.15, 0.2) is 53.2 Å². The number of hydrogen-bond acceptors (Lipinski definition) is 7. The highest BCUT2D eigenvalue weighted by atomic mass is 16.5. The summed E-state index contributed by atoms with van der Waals surface area (Å²) >= 11 is 0. The minimum Gasteiger partial charge on any atom is -0.492 e. The number of nitriles is 1. The lowest BCUT2D eigenvalue weighted by Gasteiger charge is -2.30. The summed E-state index contributed by atoms with van der Waals surface area (Å²) in [7, 11) is 0. The molecule has 0 spiro atoms. The van der Waals surface area contributed by atoms with E-state index in [1.54, 1.807) is 18.3 Å². The molecule has 0 aliphatic carbocycles. The SMILES string of the molecule is N#Cc1cccc(OCCN2CCC(c3nc(-c4ccccn4)no3)CC2)c1. The van der Waals surface area contributed by atoms with Crippen LogP contribution in [0.25, 0.3) is 11.5 Å². The Bertz CT molecular complexity index is 943. The van der Waals surface area contributed by atoms with Crippen LogP contribution in [0, 0.1) is 11.3 Å². The molecule has 28 heavy (non-hydrogen) atoms. The Morgan fingerprint density at radius 3 is 2.86 bits per heavy atom. The molecular formula is C21H21N5O2. The third-order valence-electron chi connectivity index (χ3n) is 4.91. The van der Waals surface area contributed by atoms with Gasteiger partial charge in [-0.2, -0.15) is 10.2 Å². The van der Waals surface area contributed by atoms with Crippen molar-refractivity contribution in [2.45, 2.75) is 18.8 Å². The van der Waals surface area contributed by atoms with E-state index in [0.29, 0.717) is 23.9 Å². The van der Waals surface area contributed by atoms with Gasteiger partial charge in [-0.25, -0.2) is 0 Å². The molecule has 0 atom stereocenters. The Hall–Kier alpha value is -3.24. The summed E-state index contributed by atoms with van der Waals surface area (Å²) in [5, 5.41) is 13.0. The highest BCUT2D eigenvalue weighted by Gasteiger charge is 2.25. The molecule has 2 aromatic heterocycles. The summed E-state index contributed by atoms with van der Waals surface area (Å²) < 4.78 is 11.3. The number of rotatable bonds is 6. The van der Waals surface area contributed by atoms with Gasteiger partial charge >= 0.3 is 0 Å². The lowest BCUT2D eigenvalue weighted by molar-refractivity contribution is 0.163. The molecule has 1 fully saturated rings. The monoisotopic (exact) mass is 375 g/mol. The van der Waals surface area contributed by atoms with Crippen molar-refractivity contribution >= 4 is 0 Å². The summed E-state index contributed by atoms with van der Waals surface area (Å²) in [6, 6.07) is 15.0. The summed E-state index contributed by atoms with van der Waals surface area (Å²) in [4.78, 5) is 11.2. The fourth-order valence-electron chi connectivity index (χ4n) is 3.35. The number of piperidine rings is 1. The summed E-state index contributed by atoms with van der Waals surface area (Å²) in [6.07, 6.45) is 3.68. The van der Waals surface area contributed by atoms with E-state index in [9.17, 15) is 0 Å². The maximum absolute atomic E-state index is 8.94. The van der Waals surface area contributed by atoms with E-state index in [1.807, 2.05) is 30.3 Å². The summed E-state index contributed by atoms with van der Waals surface area (Å²) in [6.45, 7) is 3.39. The van der Waals surface area contributed by atoms with E-state index < -0.39 is 0 Å². The van der Waals surface area contributed by atoms with Gasteiger partial charge in [0.05, 0.1) is 11.6 Å². The molecule has 4 rings (SSSR count). The van der Waals surface area contributed by atoms with Gasteiger partial charge < -0.3 is 9.26 Å². The van der Waals surface area contributed by atoms with Crippen LogP contribution in [0.3, 0.4) is 0 Å². The number of ether oxygens (including phenoxy) is 1. The molecule has 142 valence electrons. The maximum atomic E-state index is 8.94. The van der Waals surface area contributed by atoms with E-state index in [0.717, 1.165) is 43.9 Å². The van der Waals surface area contributed by atoms with E-state index in [4.69, 9.17) is 14.5 Å². The van der Waals surface area contributed by atoms with Crippen LogP contribution in [0.2, 0.25) is 0 Å². The highest BCUT2D eigenvalue weighted by molar-refractivity contribution is 5.47. The van der Waals surface area contributed by atoms with Crippen molar-refractivity contribution in [3.8, 4) is 23.3 Å². The minimum atomic E-state index is 0.287. The molecule has 0 amide bonds. The van der Waals surface area contributed by atoms with E-state index in [2.05, 4.69) is 26.1 Å². The first-order chi connectivity index (χ1) is 13.8. The second kappa shape index (κ2) is 8.63. The molecule has 3 heterocycles. The molecule has 1 saturated heterocycles. The Labute approximate surface area is 163 Å². The van der Waals surface area contributed by atoms with E-state index in [-0.39, 0.29) is 5.92 Å². The Kier molecular flexibility index (Phi) is 5.59. The molecule has 0 bridgehead atoms. The molecule has 1 aliphatic rings. The fourth-order valence-corrected chi connectivity index (χ4v) is 3.35. The second-order valence-electron chi connectivity index (χ2n) is 6.78. The van der Waals surface area contributed by atoms with Gasteiger partial charge in [0.25, 0.3) is 0 Å². The average Bonchev–Trinajstić information content (AvgIpc) is 3.25. The zero-order chi connectivity index (χ0) is 19.2. The zero-order valence-electron chi connectivity index (χ0n) is 15.5. The molecule has 0 unspecified atom stereocenters. The van der Waals surface area contributed by atoms with Gasteiger partial charge in [-0.05, 0) is 56.3 Å². The minimum absolute atomic E-state index is 0.287. The quantitative estimate of drug-likeness (QED) is 0.653. The Morgan fingerprint density at radius 2 is 2.07 bits per heavy atom. The number of pyridine rings is 1. The van der Waals surface area contributed by atoms with Gasteiger partial charge in [0, 0.05) is 18.7 Å². The lowest BCUT2D eigenvalue weighted by atomic mass is 9.97.